The fraction of sp³-hybridized carbons (Fsp3) is 0.833. The molecule has 1 fully saturated rings. The maximum atomic E-state index is 11.4. The van der Waals surface area contributed by atoms with Crippen LogP contribution >= 0.6 is 0 Å². The summed E-state index contributed by atoms with van der Waals surface area (Å²) in [5.41, 5.74) is 1.97. The van der Waals surface area contributed by atoms with E-state index >= 15 is 0 Å². The second-order valence-corrected chi connectivity index (χ2v) is 7.05. The number of aromatic nitrogens is 3. The Morgan fingerprint density at radius 2 is 2.15 bits per heavy atom. The Morgan fingerprint density at radius 1 is 1.40 bits per heavy atom. The molecule has 8 heteroatoms. The van der Waals surface area contributed by atoms with Gasteiger partial charge in [0.05, 0.1) is 17.1 Å². The number of piperidine rings is 1. The van der Waals surface area contributed by atoms with E-state index in [1.165, 1.54) is 0 Å². The standard InChI is InChI=1S/C12H23N5O2S/c1-3-17-12(10(2)14-15-17)8-16-7-5-4-6-11(16)9-20(13,18)19/h11H,3-9H2,1-2H3,(H2,13,18,19). The van der Waals surface area contributed by atoms with Crippen molar-refractivity contribution < 1.29 is 8.42 Å². The van der Waals surface area contributed by atoms with Gasteiger partial charge in [-0.25, -0.2) is 18.2 Å². The first-order chi connectivity index (χ1) is 9.40. The predicted molar refractivity (Wildman–Crippen MR) is 76.5 cm³/mol. The average Bonchev–Trinajstić information content (AvgIpc) is 2.71. The molecule has 0 spiro atoms. The summed E-state index contributed by atoms with van der Waals surface area (Å²) < 4.78 is 24.6. The van der Waals surface area contributed by atoms with E-state index < -0.39 is 10.0 Å². The maximum absolute atomic E-state index is 11.4. The second-order valence-electron chi connectivity index (χ2n) is 5.39. The first-order valence-corrected chi connectivity index (χ1v) is 8.75. The van der Waals surface area contributed by atoms with Gasteiger partial charge in [-0.15, -0.1) is 5.10 Å². The number of nitrogens with zero attached hydrogens (tertiary/aromatic N) is 4. The molecule has 1 unspecified atom stereocenters. The summed E-state index contributed by atoms with van der Waals surface area (Å²) in [6.45, 7) is 6.31. The van der Waals surface area contributed by atoms with Crippen LogP contribution in [0, 0.1) is 6.92 Å². The summed E-state index contributed by atoms with van der Waals surface area (Å²) in [6, 6.07) is -0.00152. The van der Waals surface area contributed by atoms with E-state index in [0.717, 1.165) is 43.7 Å². The van der Waals surface area contributed by atoms with Gasteiger partial charge >= 0.3 is 0 Å². The second kappa shape index (κ2) is 6.19. The van der Waals surface area contributed by atoms with Gasteiger partial charge in [-0.3, -0.25) is 4.90 Å². The van der Waals surface area contributed by atoms with E-state index in [1.54, 1.807) is 0 Å². The molecule has 1 aliphatic heterocycles. The van der Waals surface area contributed by atoms with Crippen molar-refractivity contribution >= 4 is 10.0 Å². The predicted octanol–water partition coefficient (Wildman–Crippen LogP) is 0.249. The molecule has 0 amide bonds. The molecule has 2 heterocycles. The molecule has 0 aromatic carbocycles. The molecule has 0 saturated carbocycles. The van der Waals surface area contributed by atoms with Crippen LogP contribution in [0.1, 0.15) is 37.6 Å². The summed E-state index contributed by atoms with van der Waals surface area (Å²) in [7, 11) is -3.44. The number of primary sulfonamides is 1. The molecule has 1 aromatic heterocycles. The van der Waals surface area contributed by atoms with Crippen molar-refractivity contribution in [2.45, 2.75) is 52.2 Å². The van der Waals surface area contributed by atoms with Crippen LogP contribution in [0.25, 0.3) is 0 Å². The Balaban J connectivity index is 2.14. The average molecular weight is 301 g/mol. The van der Waals surface area contributed by atoms with Gasteiger partial charge in [0.15, 0.2) is 0 Å². The third-order valence-corrected chi connectivity index (χ3v) is 4.71. The van der Waals surface area contributed by atoms with Crippen molar-refractivity contribution in [2.75, 3.05) is 12.3 Å². The van der Waals surface area contributed by atoms with Crippen LogP contribution in [0.3, 0.4) is 0 Å². The lowest BCUT2D eigenvalue weighted by atomic mass is 10.0. The maximum Gasteiger partial charge on any atom is 0.210 e. The Labute approximate surface area is 120 Å². The number of hydrogen-bond donors (Lipinski definition) is 1. The van der Waals surface area contributed by atoms with Gasteiger partial charge in [0.25, 0.3) is 0 Å². The van der Waals surface area contributed by atoms with Crippen LogP contribution in [0.5, 0.6) is 0 Å². The van der Waals surface area contributed by atoms with Gasteiger partial charge in [-0.1, -0.05) is 11.6 Å². The van der Waals surface area contributed by atoms with Crippen molar-refractivity contribution in [1.29, 1.82) is 0 Å². The van der Waals surface area contributed by atoms with Crippen molar-refractivity contribution in [3.63, 3.8) is 0 Å². The first-order valence-electron chi connectivity index (χ1n) is 7.04. The van der Waals surface area contributed by atoms with Crippen molar-refractivity contribution in [3.05, 3.63) is 11.4 Å². The van der Waals surface area contributed by atoms with Crippen molar-refractivity contribution in [2.24, 2.45) is 5.14 Å². The number of aryl methyl sites for hydroxylation is 2. The SMILES string of the molecule is CCn1nnc(C)c1CN1CCCCC1CS(N)(=O)=O. The molecule has 2 N–H and O–H groups in total. The molecule has 7 nitrogen and oxygen atoms in total. The quantitative estimate of drug-likeness (QED) is 0.841. The van der Waals surface area contributed by atoms with Gasteiger partial charge in [0, 0.05) is 19.1 Å². The normalized spacial score (nSPS) is 21.2. The molecule has 1 aromatic rings. The lowest BCUT2D eigenvalue weighted by Gasteiger charge is -2.35. The summed E-state index contributed by atoms with van der Waals surface area (Å²) >= 11 is 0. The van der Waals surface area contributed by atoms with E-state index in [9.17, 15) is 8.42 Å². The van der Waals surface area contributed by atoms with Crippen LogP contribution in [0.2, 0.25) is 0 Å². The van der Waals surface area contributed by atoms with E-state index in [-0.39, 0.29) is 11.8 Å². The summed E-state index contributed by atoms with van der Waals surface area (Å²) in [5, 5.41) is 13.4. The molecule has 2 rings (SSSR count). The third kappa shape index (κ3) is 3.77. The number of rotatable bonds is 5. The lowest BCUT2D eigenvalue weighted by molar-refractivity contribution is 0.150. The summed E-state index contributed by atoms with van der Waals surface area (Å²) in [6.07, 6.45) is 3.03. The molecule has 1 atom stereocenters. The molecule has 1 saturated heterocycles. The van der Waals surface area contributed by atoms with Crippen molar-refractivity contribution in [1.82, 2.24) is 19.9 Å². The number of sulfonamides is 1. The molecular weight excluding hydrogens is 278 g/mol. The molecule has 0 aliphatic carbocycles. The molecule has 0 bridgehead atoms. The fourth-order valence-electron chi connectivity index (χ4n) is 2.79. The summed E-state index contributed by atoms with van der Waals surface area (Å²) in [4.78, 5) is 2.20. The number of nitrogens with two attached hydrogens (primary N) is 1. The Morgan fingerprint density at radius 3 is 2.80 bits per heavy atom. The van der Waals surface area contributed by atoms with Gasteiger partial charge in [0.1, 0.15) is 0 Å². The Kier molecular flexibility index (Phi) is 4.77. The van der Waals surface area contributed by atoms with Crippen LogP contribution in [0.15, 0.2) is 0 Å². The minimum Gasteiger partial charge on any atom is -0.293 e. The zero-order valence-electron chi connectivity index (χ0n) is 12.1. The van der Waals surface area contributed by atoms with Gasteiger partial charge < -0.3 is 0 Å². The van der Waals surface area contributed by atoms with Crippen LogP contribution in [0.4, 0.5) is 0 Å². The molecule has 20 heavy (non-hydrogen) atoms. The summed E-state index contributed by atoms with van der Waals surface area (Å²) in [5.74, 6) is 0.0275. The topological polar surface area (TPSA) is 94.1 Å². The van der Waals surface area contributed by atoms with Gasteiger partial charge in [0.2, 0.25) is 10.0 Å². The largest absolute Gasteiger partial charge is 0.293 e. The zero-order valence-corrected chi connectivity index (χ0v) is 12.9. The zero-order chi connectivity index (χ0) is 14.8. The fourth-order valence-corrected chi connectivity index (χ4v) is 3.70. The van der Waals surface area contributed by atoms with Gasteiger partial charge in [-0.2, -0.15) is 0 Å². The van der Waals surface area contributed by atoms with E-state index in [4.69, 9.17) is 5.14 Å². The van der Waals surface area contributed by atoms with E-state index in [1.807, 2.05) is 18.5 Å². The van der Waals surface area contributed by atoms with E-state index in [2.05, 4.69) is 15.2 Å². The highest BCUT2D eigenvalue weighted by Gasteiger charge is 2.27. The van der Waals surface area contributed by atoms with Crippen LogP contribution < -0.4 is 5.14 Å². The lowest BCUT2D eigenvalue weighted by Crippen LogP contribution is -2.44. The minimum absolute atomic E-state index is 0.00152. The third-order valence-electron chi connectivity index (χ3n) is 3.86. The monoisotopic (exact) mass is 301 g/mol. The Hall–Kier alpha value is -0.990. The molecular formula is C12H23N5O2S. The van der Waals surface area contributed by atoms with Crippen LogP contribution in [-0.2, 0) is 23.1 Å². The highest BCUT2D eigenvalue weighted by molar-refractivity contribution is 7.89. The van der Waals surface area contributed by atoms with Crippen molar-refractivity contribution in [3.8, 4) is 0 Å². The number of likely N-dealkylation sites (tertiary alicyclic amines) is 1. The number of hydrogen-bond acceptors (Lipinski definition) is 5. The highest BCUT2D eigenvalue weighted by Crippen LogP contribution is 2.21. The highest BCUT2D eigenvalue weighted by atomic mass is 32.2. The molecule has 1 aliphatic rings. The smallest absolute Gasteiger partial charge is 0.210 e. The molecule has 114 valence electrons. The first kappa shape index (κ1) is 15.4. The van der Waals surface area contributed by atoms with E-state index in [0.29, 0.717) is 6.54 Å². The minimum atomic E-state index is -3.44. The Bertz CT molecular complexity index is 554. The van der Waals surface area contributed by atoms with Gasteiger partial charge in [-0.05, 0) is 33.2 Å². The van der Waals surface area contributed by atoms with Crippen LogP contribution in [-0.4, -0.2) is 46.7 Å². The molecule has 0 radical (unpaired) electrons.